The summed E-state index contributed by atoms with van der Waals surface area (Å²) < 4.78 is 13.7. The Kier molecular flexibility index (Phi) is 6.92. The molecule has 8 nitrogen and oxygen atoms in total. The lowest BCUT2D eigenvalue weighted by atomic mass is 9.83. The van der Waals surface area contributed by atoms with Crippen molar-refractivity contribution in [2.75, 3.05) is 32.3 Å². The van der Waals surface area contributed by atoms with Crippen LogP contribution in [0.15, 0.2) is 24.5 Å². The summed E-state index contributed by atoms with van der Waals surface area (Å²) in [5.74, 6) is 2.16. The molecule has 0 bridgehead atoms. The van der Waals surface area contributed by atoms with Crippen LogP contribution in [0.1, 0.15) is 38.3 Å². The first-order chi connectivity index (χ1) is 17.0. The summed E-state index contributed by atoms with van der Waals surface area (Å²) in [6, 6.07) is 5.85. The van der Waals surface area contributed by atoms with Gasteiger partial charge in [-0.3, -0.25) is 4.98 Å². The lowest BCUT2D eigenvalue weighted by Gasteiger charge is -2.31. The Morgan fingerprint density at radius 2 is 2.00 bits per heavy atom. The molecule has 0 N–H and O–H groups in total. The summed E-state index contributed by atoms with van der Waals surface area (Å²) in [5.41, 5.74) is 3.41. The molecule has 4 heterocycles. The van der Waals surface area contributed by atoms with Crippen LogP contribution in [0.2, 0.25) is 5.02 Å². The van der Waals surface area contributed by atoms with Crippen molar-refractivity contribution in [3.8, 4) is 17.3 Å². The first-order valence-electron chi connectivity index (χ1n) is 12.2. The molecule has 1 saturated heterocycles. The highest BCUT2D eigenvalue weighted by Gasteiger charge is 2.35. The van der Waals surface area contributed by atoms with Gasteiger partial charge in [0.2, 0.25) is 5.95 Å². The van der Waals surface area contributed by atoms with Gasteiger partial charge < -0.3 is 18.9 Å². The second kappa shape index (κ2) is 10.1. The SMILES string of the molecule is CO[C@@H]1COC[C@H]1N(C)c1nc2cc(C#N)nc(-c3cncc(Cl)c3)c2n1CC1CCC(C)CC1. The number of fused-ring (bicyclic) bond motifs is 1. The van der Waals surface area contributed by atoms with Gasteiger partial charge in [-0.15, -0.1) is 0 Å². The molecule has 1 aliphatic heterocycles. The van der Waals surface area contributed by atoms with Gasteiger partial charge in [-0.05, 0) is 30.7 Å². The fourth-order valence-electron chi connectivity index (χ4n) is 5.41. The van der Waals surface area contributed by atoms with Gasteiger partial charge in [-0.2, -0.15) is 5.26 Å². The number of aromatic nitrogens is 4. The standard InChI is InChI=1S/C26H31ClN6O2/c1-16-4-6-17(7-5-16)13-33-25-21(31-26(33)32(2)22-14-35-15-23(22)34-3)9-20(10-28)30-24(25)18-8-19(27)12-29-11-18/h8-9,11-12,16-17,22-23H,4-7,13-15H2,1-3H3/t16?,17?,22-,23-/m1/s1. The van der Waals surface area contributed by atoms with E-state index in [4.69, 9.17) is 31.0 Å². The molecule has 2 atom stereocenters. The topological polar surface area (TPSA) is 89.1 Å². The molecule has 0 unspecified atom stereocenters. The van der Waals surface area contributed by atoms with E-state index in [1.807, 2.05) is 13.1 Å². The number of rotatable bonds is 6. The molecule has 0 spiro atoms. The quantitative estimate of drug-likeness (QED) is 0.490. The van der Waals surface area contributed by atoms with E-state index in [-0.39, 0.29) is 12.1 Å². The van der Waals surface area contributed by atoms with Gasteiger partial charge in [0, 0.05) is 44.7 Å². The summed E-state index contributed by atoms with van der Waals surface area (Å²) in [4.78, 5) is 16.2. The van der Waals surface area contributed by atoms with Crippen molar-refractivity contribution in [1.29, 1.82) is 5.26 Å². The molecule has 0 amide bonds. The molecule has 3 aromatic heterocycles. The highest BCUT2D eigenvalue weighted by atomic mass is 35.5. The molecule has 1 saturated carbocycles. The number of ether oxygens (including phenoxy) is 2. The first kappa shape index (κ1) is 24.0. The fourth-order valence-corrected chi connectivity index (χ4v) is 5.59. The molecule has 2 aliphatic rings. The highest BCUT2D eigenvalue weighted by molar-refractivity contribution is 6.30. The van der Waals surface area contributed by atoms with E-state index in [0.717, 1.165) is 35.0 Å². The molecular formula is C26H31ClN6O2. The minimum absolute atomic E-state index is 0.0341. The van der Waals surface area contributed by atoms with Crippen LogP contribution < -0.4 is 4.90 Å². The van der Waals surface area contributed by atoms with Gasteiger partial charge in [-0.25, -0.2) is 9.97 Å². The Labute approximate surface area is 210 Å². The summed E-state index contributed by atoms with van der Waals surface area (Å²) in [5, 5.41) is 10.2. The number of anilines is 1. The van der Waals surface area contributed by atoms with Crippen LogP contribution in [0.25, 0.3) is 22.3 Å². The summed E-state index contributed by atoms with van der Waals surface area (Å²) in [7, 11) is 3.77. The Morgan fingerprint density at radius 1 is 1.20 bits per heavy atom. The zero-order valence-corrected chi connectivity index (χ0v) is 21.2. The van der Waals surface area contributed by atoms with Crippen LogP contribution in [-0.2, 0) is 16.0 Å². The van der Waals surface area contributed by atoms with E-state index in [1.54, 1.807) is 25.6 Å². The molecular weight excluding hydrogens is 464 g/mol. The molecule has 1 aliphatic carbocycles. The molecule has 5 rings (SSSR count). The number of hydrogen-bond donors (Lipinski definition) is 0. The predicted octanol–water partition coefficient (Wildman–Crippen LogP) is 4.69. The number of methoxy groups -OCH3 is 1. The number of hydrogen-bond acceptors (Lipinski definition) is 7. The zero-order valence-electron chi connectivity index (χ0n) is 20.4. The van der Waals surface area contributed by atoms with Crippen molar-refractivity contribution in [2.45, 2.75) is 51.3 Å². The van der Waals surface area contributed by atoms with Crippen LogP contribution in [0.5, 0.6) is 0 Å². The fraction of sp³-hybridized carbons (Fsp3) is 0.538. The smallest absolute Gasteiger partial charge is 0.206 e. The number of nitrogens with zero attached hydrogens (tertiary/aromatic N) is 6. The van der Waals surface area contributed by atoms with Gasteiger partial charge in [0.05, 0.1) is 41.0 Å². The van der Waals surface area contributed by atoms with E-state index in [0.29, 0.717) is 35.5 Å². The Morgan fingerprint density at radius 3 is 2.71 bits per heavy atom. The molecule has 0 radical (unpaired) electrons. The second-order valence-electron chi connectivity index (χ2n) is 9.87. The van der Waals surface area contributed by atoms with E-state index >= 15 is 0 Å². The number of pyridine rings is 2. The lowest BCUT2D eigenvalue weighted by molar-refractivity contribution is 0.0770. The van der Waals surface area contributed by atoms with E-state index in [9.17, 15) is 5.26 Å². The minimum atomic E-state index is -0.0341. The Bertz CT molecular complexity index is 1250. The lowest BCUT2D eigenvalue weighted by Crippen LogP contribution is -2.43. The third kappa shape index (κ3) is 4.73. The number of likely N-dealkylation sites (N-methyl/N-ethyl adjacent to an activating group) is 1. The largest absolute Gasteiger partial charge is 0.377 e. The summed E-state index contributed by atoms with van der Waals surface area (Å²) >= 11 is 6.29. The number of nitriles is 1. The van der Waals surface area contributed by atoms with Gasteiger partial charge in [0.15, 0.2) is 0 Å². The average Bonchev–Trinajstić information content (AvgIpc) is 3.49. The minimum Gasteiger partial charge on any atom is -0.377 e. The maximum atomic E-state index is 9.70. The van der Waals surface area contributed by atoms with Crippen molar-refractivity contribution < 1.29 is 9.47 Å². The number of imidazole rings is 1. The normalized spacial score (nSPS) is 24.5. The monoisotopic (exact) mass is 494 g/mol. The van der Waals surface area contributed by atoms with Gasteiger partial charge in [0.25, 0.3) is 0 Å². The van der Waals surface area contributed by atoms with Crippen LogP contribution in [-0.4, -0.2) is 59.0 Å². The third-order valence-electron chi connectivity index (χ3n) is 7.49. The van der Waals surface area contributed by atoms with Gasteiger partial charge in [0.1, 0.15) is 17.9 Å². The van der Waals surface area contributed by atoms with E-state index < -0.39 is 0 Å². The molecule has 3 aromatic rings. The van der Waals surface area contributed by atoms with Crippen LogP contribution in [0, 0.1) is 23.2 Å². The van der Waals surface area contributed by atoms with Gasteiger partial charge >= 0.3 is 0 Å². The van der Waals surface area contributed by atoms with Crippen molar-refractivity contribution in [2.24, 2.45) is 11.8 Å². The van der Waals surface area contributed by atoms with Crippen molar-refractivity contribution >= 4 is 28.6 Å². The predicted molar refractivity (Wildman–Crippen MR) is 135 cm³/mol. The van der Waals surface area contributed by atoms with Crippen LogP contribution in [0.3, 0.4) is 0 Å². The van der Waals surface area contributed by atoms with E-state index in [1.165, 1.54) is 25.7 Å². The van der Waals surface area contributed by atoms with Crippen molar-refractivity contribution in [3.05, 3.63) is 35.2 Å². The second-order valence-corrected chi connectivity index (χ2v) is 10.3. The third-order valence-corrected chi connectivity index (χ3v) is 7.70. The Balaban J connectivity index is 1.68. The molecule has 2 fully saturated rings. The van der Waals surface area contributed by atoms with Gasteiger partial charge in [-0.1, -0.05) is 31.4 Å². The molecule has 35 heavy (non-hydrogen) atoms. The first-order valence-corrected chi connectivity index (χ1v) is 12.6. The Hall–Kier alpha value is -2.73. The maximum Gasteiger partial charge on any atom is 0.206 e. The van der Waals surface area contributed by atoms with E-state index in [2.05, 4.69) is 27.4 Å². The van der Waals surface area contributed by atoms with Crippen LogP contribution >= 0.6 is 11.6 Å². The summed E-state index contributed by atoms with van der Waals surface area (Å²) in [6.07, 6.45) is 8.17. The highest BCUT2D eigenvalue weighted by Crippen LogP contribution is 2.36. The van der Waals surface area contributed by atoms with Crippen molar-refractivity contribution in [3.63, 3.8) is 0 Å². The maximum absolute atomic E-state index is 9.70. The molecule has 184 valence electrons. The molecule has 0 aromatic carbocycles. The zero-order chi connectivity index (χ0) is 24.5. The molecule has 9 heteroatoms. The van der Waals surface area contributed by atoms with Crippen molar-refractivity contribution in [1.82, 2.24) is 19.5 Å². The average molecular weight is 495 g/mol. The van der Waals surface area contributed by atoms with Crippen LogP contribution in [0.4, 0.5) is 5.95 Å². The summed E-state index contributed by atoms with van der Waals surface area (Å²) in [6.45, 7) is 4.31. The number of halogens is 1.